The number of piperidine rings is 1. The van der Waals surface area contributed by atoms with Crippen molar-refractivity contribution in [1.82, 2.24) is 9.80 Å². The molecule has 6 rings (SSSR count). The summed E-state index contributed by atoms with van der Waals surface area (Å²) in [4.78, 5) is 43.7. The lowest BCUT2D eigenvalue weighted by atomic mass is 9.73. The number of fused-ring (bicyclic) bond motifs is 3. The topological polar surface area (TPSA) is 98.5 Å². The predicted molar refractivity (Wildman–Crippen MR) is 177 cm³/mol. The molecule has 2 amide bonds. The van der Waals surface area contributed by atoms with Gasteiger partial charge < -0.3 is 23.5 Å². The van der Waals surface area contributed by atoms with Crippen molar-refractivity contribution < 1.29 is 33.0 Å². The number of benzene rings is 2. The number of carbonyl (C=O) groups is 3. The Morgan fingerprint density at radius 2 is 1.57 bits per heavy atom. The number of amides is 2. The summed E-state index contributed by atoms with van der Waals surface area (Å²) in [6.45, 7) is 8.43. The van der Waals surface area contributed by atoms with Crippen molar-refractivity contribution in [2.24, 2.45) is 0 Å². The van der Waals surface area contributed by atoms with Gasteiger partial charge in [-0.15, -0.1) is 0 Å². The van der Waals surface area contributed by atoms with Crippen molar-refractivity contribution in [1.29, 1.82) is 0 Å². The number of carbonyl (C=O) groups excluding carboxylic acids is 3. The van der Waals surface area contributed by atoms with Crippen LogP contribution in [-0.4, -0.2) is 64.9 Å². The average molecular weight is 643 g/mol. The number of rotatable bonds is 7. The predicted octanol–water partition coefficient (Wildman–Crippen LogP) is 8.31. The Morgan fingerprint density at radius 3 is 2.21 bits per heavy atom. The largest absolute Gasteiger partial charge is 0.460 e. The van der Waals surface area contributed by atoms with E-state index in [9.17, 15) is 14.4 Å². The maximum Gasteiger partial charge on any atom is 0.410 e. The first-order chi connectivity index (χ1) is 22.6. The van der Waals surface area contributed by atoms with Gasteiger partial charge >= 0.3 is 18.2 Å². The van der Waals surface area contributed by atoms with Crippen LogP contribution in [0.15, 0.2) is 65.1 Å². The van der Waals surface area contributed by atoms with Crippen molar-refractivity contribution >= 4 is 18.2 Å². The van der Waals surface area contributed by atoms with Crippen LogP contribution in [0.4, 0.5) is 9.59 Å². The van der Waals surface area contributed by atoms with Gasteiger partial charge in [-0.3, -0.25) is 4.90 Å². The van der Waals surface area contributed by atoms with Crippen LogP contribution >= 0.6 is 0 Å². The summed E-state index contributed by atoms with van der Waals surface area (Å²) in [5, 5.41) is 0. The fourth-order valence-corrected chi connectivity index (χ4v) is 7.68. The molecule has 1 saturated carbocycles. The molecule has 3 aliphatic rings. The summed E-state index contributed by atoms with van der Waals surface area (Å²) in [7, 11) is 0. The summed E-state index contributed by atoms with van der Waals surface area (Å²) in [6, 6.07) is 19.6. The fraction of sp³-hybridized carbons (Fsp3) is 0.500. The Balaban J connectivity index is 1.26. The lowest BCUT2D eigenvalue weighted by Gasteiger charge is -2.53. The molecular formula is C38H46N2O7. The number of hydrogen-bond donors (Lipinski definition) is 0. The van der Waals surface area contributed by atoms with Crippen LogP contribution in [0.1, 0.15) is 106 Å². The Kier molecular flexibility index (Phi) is 9.35. The molecule has 2 fully saturated rings. The molecule has 3 aromatic rings. The normalized spacial score (nSPS) is 18.7. The monoisotopic (exact) mass is 642 g/mol. The number of furan rings is 1. The molecule has 0 radical (unpaired) electrons. The van der Waals surface area contributed by atoms with Crippen LogP contribution in [-0.2, 0) is 20.8 Å². The summed E-state index contributed by atoms with van der Waals surface area (Å²) >= 11 is 0. The molecule has 2 aromatic carbocycles. The van der Waals surface area contributed by atoms with E-state index >= 15 is 0 Å². The Hall–Kier alpha value is -4.27. The number of hydrogen-bond acceptors (Lipinski definition) is 7. The molecular weight excluding hydrogens is 596 g/mol. The van der Waals surface area contributed by atoms with Crippen molar-refractivity contribution in [3.8, 4) is 11.1 Å². The third kappa shape index (κ3) is 6.90. The summed E-state index contributed by atoms with van der Waals surface area (Å²) in [5.41, 5.74) is 3.60. The average Bonchev–Trinajstić information content (AvgIpc) is 3.65. The van der Waals surface area contributed by atoms with E-state index in [-0.39, 0.29) is 43.6 Å². The minimum Gasteiger partial charge on any atom is -0.460 e. The van der Waals surface area contributed by atoms with Gasteiger partial charge in [0.2, 0.25) is 5.76 Å². The Labute approximate surface area is 277 Å². The van der Waals surface area contributed by atoms with E-state index in [1.165, 1.54) is 0 Å². The van der Waals surface area contributed by atoms with Crippen molar-refractivity contribution in [2.45, 2.75) is 102 Å². The smallest absolute Gasteiger partial charge is 0.410 e. The molecule has 9 heteroatoms. The van der Waals surface area contributed by atoms with Crippen LogP contribution in [0.25, 0.3) is 11.1 Å². The second-order valence-electron chi connectivity index (χ2n) is 14.0. The fourth-order valence-electron chi connectivity index (χ4n) is 7.68. The Morgan fingerprint density at radius 1 is 0.915 bits per heavy atom. The molecule has 1 aliphatic heterocycles. The van der Waals surface area contributed by atoms with E-state index < -0.39 is 23.2 Å². The summed E-state index contributed by atoms with van der Waals surface area (Å²) in [6.07, 6.45) is 5.30. The molecule has 0 N–H and O–H groups in total. The van der Waals surface area contributed by atoms with Crippen LogP contribution in [0.5, 0.6) is 0 Å². The number of nitrogens with zero attached hydrogens (tertiary/aromatic N) is 2. The van der Waals surface area contributed by atoms with Crippen molar-refractivity contribution in [2.75, 3.05) is 19.8 Å². The summed E-state index contributed by atoms with van der Waals surface area (Å²) < 4.78 is 23.1. The molecule has 2 heterocycles. The van der Waals surface area contributed by atoms with E-state index in [2.05, 4.69) is 24.3 Å². The van der Waals surface area contributed by atoms with Gasteiger partial charge in [0.05, 0.1) is 13.2 Å². The molecule has 1 aromatic heterocycles. The third-order valence-corrected chi connectivity index (χ3v) is 9.75. The second-order valence-corrected chi connectivity index (χ2v) is 14.0. The molecule has 47 heavy (non-hydrogen) atoms. The molecule has 2 aliphatic carbocycles. The SMILES string of the molecule is CCOC(=O)c1ccc(CN(C(=O)OCC2c3ccccc3-c3ccccc32)C2CCN(C(=O)OC(C)(C)C)C3(CCCCC3)C2)o1. The minimum absolute atomic E-state index is 0.0778. The first-order valence-corrected chi connectivity index (χ1v) is 17.0. The second kappa shape index (κ2) is 13.5. The van der Waals surface area contributed by atoms with Crippen LogP contribution < -0.4 is 0 Å². The zero-order chi connectivity index (χ0) is 33.2. The zero-order valence-corrected chi connectivity index (χ0v) is 28.0. The van der Waals surface area contributed by atoms with Gasteiger partial charge in [-0.1, -0.05) is 67.8 Å². The quantitative estimate of drug-likeness (QED) is 0.189. The molecule has 9 nitrogen and oxygen atoms in total. The van der Waals surface area contributed by atoms with Gasteiger partial charge in [0.25, 0.3) is 0 Å². The standard InChI is InChI=1S/C38H46N2O7/c1-5-44-34(41)33-18-17-27(46-33)24-39(26-19-22-40(36(43)47-37(2,3)4)38(23-26)20-11-6-12-21-38)35(42)45-25-32-30-15-9-7-13-28(30)29-14-8-10-16-31(29)32/h7-10,13-18,26,32H,5-6,11-12,19-25H2,1-4H3. The lowest BCUT2D eigenvalue weighted by molar-refractivity contribution is -0.0465. The molecule has 1 unspecified atom stereocenters. The molecule has 1 saturated heterocycles. The highest BCUT2D eigenvalue weighted by Gasteiger charge is 2.48. The van der Waals surface area contributed by atoms with Gasteiger partial charge in [-0.2, -0.15) is 0 Å². The molecule has 0 bridgehead atoms. The first kappa shape index (κ1) is 32.7. The highest BCUT2D eigenvalue weighted by Crippen LogP contribution is 2.45. The van der Waals surface area contributed by atoms with Gasteiger partial charge in [-0.05, 0) is 87.8 Å². The first-order valence-electron chi connectivity index (χ1n) is 17.0. The minimum atomic E-state index is -0.604. The van der Waals surface area contributed by atoms with Crippen LogP contribution in [0.3, 0.4) is 0 Å². The Bertz CT molecular complexity index is 1550. The zero-order valence-electron chi connectivity index (χ0n) is 28.0. The lowest BCUT2D eigenvalue weighted by Crippen LogP contribution is -2.62. The van der Waals surface area contributed by atoms with Gasteiger partial charge in [0.15, 0.2) is 0 Å². The number of esters is 1. The van der Waals surface area contributed by atoms with E-state index in [0.29, 0.717) is 25.1 Å². The third-order valence-electron chi connectivity index (χ3n) is 9.75. The van der Waals surface area contributed by atoms with E-state index in [1.807, 2.05) is 49.9 Å². The number of ether oxygens (including phenoxy) is 3. The number of likely N-dealkylation sites (tertiary alicyclic amines) is 1. The van der Waals surface area contributed by atoms with Gasteiger partial charge in [0.1, 0.15) is 18.0 Å². The van der Waals surface area contributed by atoms with Gasteiger partial charge in [-0.25, -0.2) is 14.4 Å². The maximum atomic E-state index is 14.2. The molecule has 250 valence electrons. The van der Waals surface area contributed by atoms with Crippen LogP contribution in [0, 0.1) is 0 Å². The van der Waals surface area contributed by atoms with E-state index in [0.717, 1.165) is 54.4 Å². The van der Waals surface area contributed by atoms with E-state index in [1.54, 1.807) is 24.0 Å². The van der Waals surface area contributed by atoms with E-state index in [4.69, 9.17) is 18.6 Å². The molecule has 1 spiro atoms. The maximum absolute atomic E-state index is 14.2. The van der Waals surface area contributed by atoms with Crippen LogP contribution in [0.2, 0.25) is 0 Å². The van der Waals surface area contributed by atoms with Crippen molar-refractivity contribution in [3.05, 3.63) is 83.3 Å². The highest BCUT2D eigenvalue weighted by atomic mass is 16.6. The molecule has 1 atom stereocenters. The van der Waals surface area contributed by atoms with Gasteiger partial charge in [0, 0.05) is 24.0 Å². The summed E-state index contributed by atoms with van der Waals surface area (Å²) in [5.74, 6) is -0.0594. The van der Waals surface area contributed by atoms with Crippen molar-refractivity contribution in [3.63, 3.8) is 0 Å². The highest BCUT2D eigenvalue weighted by molar-refractivity contribution is 5.86.